The first-order chi connectivity index (χ1) is 13.1. The van der Waals surface area contributed by atoms with Crippen LogP contribution >= 0.6 is 11.8 Å². The second-order valence-corrected chi connectivity index (χ2v) is 7.96. The summed E-state index contributed by atoms with van der Waals surface area (Å²) < 4.78 is 1.71. The largest absolute Gasteiger partial charge is 0.349 e. The van der Waals surface area contributed by atoms with Crippen molar-refractivity contribution in [3.05, 3.63) is 47.4 Å². The van der Waals surface area contributed by atoms with Crippen LogP contribution in [0.1, 0.15) is 42.5 Å². The van der Waals surface area contributed by atoms with Crippen LogP contribution in [-0.4, -0.2) is 31.4 Å². The molecule has 27 heavy (non-hydrogen) atoms. The molecule has 1 N–H and O–H groups in total. The van der Waals surface area contributed by atoms with Crippen LogP contribution in [0.15, 0.2) is 35.7 Å². The lowest BCUT2D eigenvalue weighted by atomic mass is 9.89. The fraction of sp³-hybridized carbons (Fsp3) is 0.400. The van der Waals surface area contributed by atoms with E-state index in [1.807, 2.05) is 14.0 Å². The zero-order valence-corrected chi connectivity index (χ0v) is 16.4. The van der Waals surface area contributed by atoms with E-state index in [-0.39, 0.29) is 11.9 Å². The Bertz CT molecular complexity index is 984. The summed E-state index contributed by atoms with van der Waals surface area (Å²) in [5, 5.41) is 8.97. The molecule has 0 aliphatic heterocycles. The summed E-state index contributed by atoms with van der Waals surface area (Å²) in [7, 11) is 1.84. The van der Waals surface area contributed by atoms with Crippen LogP contribution in [0.5, 0.6) is 0 Å². The van der Waals surface area contributed by atoms with Gasteiger partial charge < -0.3 is 5.32 Å². The third kappa shape index (κ3) is 3.83. The summed E-state index contributed by atoms with van der Waals surface area (Å²) in [5.74, 6) is 0.317. The summed E-state index contributed by atoms with van der Waals surface area (Å²) in [6, 6.07) is 6.62. The first-order valence-electron chi connectivity index (χ1n) is 9.28. The molecule has 0 bridgehead atoms. The smallest absolute Gasteiger partial charge is 0.230 e. The van der Waals surface area contributed by atoms with Gasteiger partial charge in [0.1, 0.15) is 11.4 Å². The van der Waals surface area contributed by atoms with E-state index in [0.29, 0.717) is 5.75 Å². The predicted octanol–water partition coefficient (Wildman–Crippen LogP) is 3.21. The van der Waals surface area contributed by atoms with E-state index >= 15 is 0 Å². The number of thioether (sulfide) groups is 1. The molecule has 2 heterocycles. The van der Waals surface area contributed by atoms with Gasteiger partial charge in [-0.25, -0.2) is 9.97 Å². The maximum atomic E-state index is 12.4. The van der Waals surface area contributed by atoms with Crippen molar-refractivity contribution < 1.29 is 4.79 Å². The molecule has 6 nitrogen and oxygen atoms in total. The number of amides is 1. The number of aromatic nitrogens is 4. The number of nitrogens with zero attached hydrogens (tertiary/aromatic N) is 4. The highest BCUT2D eigenvalue weighted by Gasteiger charge is 2.15. The third-order valence-corrected chi connectivity index (χ3v) is 6.09. The molecule has 7 heteroatoms. The fourth-order valence-electron chi connectivity index (χ4n) is 3.58. The second-order valence-electron chi connectivity index (χ2n) is 7.00. The summed E-state index contributed by atoms with van der Waals surface area (Å²) >= 11 is 1.41. The van der Waals surface area contributed by atoms with Gasteiger partial charge in [0.25, 0.3) is 0 Å². The van der Waals surface area contributed by atoms with E-state index in [1.165, 1.54) is 54.0 Å². The van der Waals surface area contributed by atoms with Crippen LogP contribution in [0.2, 0.25) is 0 Å². The molecule has 3 aromatic rings. The maximum absolute atomic E-state index is 12.4. The molecule has 1 aliphatic rings. The van der Waals surface area contributed by atoms with Crippen LogP contribution in [0.25, 0.3) is 11.0 Å². The molecule has 2 aromatic heterocycles. The number of aryl methyl sites for hydroxylation is 3. The Labute approximate surface area is 162 Å². The summed E-state index contributed by atoms with van der Waals surface area (Å²) in [5.41, 5.74) is 4.85. The molecule has 1 aromatic carbocycles. The highest BCUT2D eigenvalue weighted by molar-refractivity contribution is 8.00. The summed E-state index contributed by atoms with van der Waals surface area (Å²) in [6.45, 7) is 2.04. The minimum absolute atomic E-state index is 0.000809. The van der Waals surface area contributed by atoms with Gasteiger partial charge in [-0.05, 0) is 49.3 Å². The Kier molecular flexibility index (Phi) is 5.11. The van der Waals surface area contributed by atoms with Gasteiger partial charge in [-0.3, -0.25) is 9.48 Å². The lowest BCUT2D eigenvalue weighted by Gasteiger charge is -2.20. The summed E-state index contributed by atoms with van der Waals surface area (Å²) in [6.07, 6.45) is 8.12. The van der Waals surface area contributed by atoms with Crippen LogP contribution in [0.4, 0.5) is 0 Å². The second kappa shape index (κ2) is 7.68. The van der Waals surface area contributed by atoms with Gasteiger partial charge in [0, 0.05) is 7.05 Å². The number of hydrogen-bond donors (Lipinski definition) is 1. The first-order valence-corrected chi connectivity index (χ1v) is 10.3. The first kappa shape index (κ1) is 18.0. The van der Waals surface area contributed by atoms with Crippen LogP contribution in [0, 0.1) is 0 Å². The normalized spacial score (nSPS) is 14.7. The molecule has 0 saturated carbocycles. The van der Waals surface area contributed by atoms with Gasteiger partial charge in [0.15, 0.2) is 5.65 Å². The monoisotopic (exact) mass is 381 g/mol. The Morgan fingerprint density at radius 3 is 2.93 bits per heavy atom. The van der Waals surface area contributed by atoms with Gasteiger partial charge in [0.05, 0.1) is 23.4 Å². The molecule has 0 radical (unpaired) electrons. The molecule has 1 unspecified atom stereocenters. The Hall–Kier alpha value is -2.41. The van der Waals surface area contributed by atoms with Crippen molar-refractivity contribution in [3.63, 3.8) is 0 Å². The average Bonchev–Trinajstić information content (AvgIpc) is 3.07. The molecule has 140 valence electrons. The van der Waals surface area contributed by atoms with Gasteiger partial charge in [-0.15, -0.1) is 0 Å². The third-order valence-electron chi connectivity index (χ3n) is 5.08. The molecule has 0 saturated heterocycles. The SMILES string of the molecule is CC(NC(=O)CSc1ncnc2c1cnn2C)c1ccc2c(c1)CCCC2. The lowest BCUT2D eigenvalue weighted by molar-refractivity contribution is -0.119. The maximum Gasteiger partial charge on any atom is 0.230 e. The number of nitrogens with one attached hydrogen (secondary N) is 1. The summed E-state index contributed by atoms with van der Waals surface area (Å²) in [4.78, 5) is 21.0. The molecule has 4 rings (SSSR count). The molecule has 1 atom stereocenters. The van der Waals surface area contributed by atoms with E-state index in [2.05, 4.69) is 38.6 Å². The molecule has 1 aliphatic carbocycles. The van der Waals surface area contributed by atoms with E-state index in [4.69, 9.17) is 0 Å². The van der Waals surface area contributed by atoms with Crippen molar-refractivity contribution in [3.8, 4) is 0 Å². The van der Waals surface area contributed by atoms with Crippen molar-refractivity contribution >= 4 is 28.7 Å². The highest BCUT2D eigenvalue weighted by Crippen LogP contribution is 2.26. The van der Waals surface area contributed by atoms with Crippen LogP contribution in [-0.2, 0) is 24.7 Å². The molecule has 0 spiro atoms. The van der Waals surface area contributed by atoms with Crippen molar-refractivity contribution in [2.24, 2.45) is 7.05 Å². The predicted molar refractivity (Wildman–Crippen MR) is 107 cm³/mol. The average molecular weight is 382 g/mol. The quantitative estimate of drug-likeness (QED) is 0.543. The zero-order chi connectivity index (χ0) is 18.8. The van der Waals surface area contributed by atoms with Crippen molar-refractivity contribution in [1.82, 2.24) is 25.1 Å². The van der Waals surface area contributed by atoms with Crippen molar-refractivity contribution in [1.29, 1.82) is 0 Å². The topological polar surface area (TPSA) is 72.7 Å². The Balaban J connectivity index is 1.39. The molecular weight excluding hydrogens is 358 g/mol. The standard InChI is InChI=1S/C20H23N5OS/c1-13(15-8-7-14-5-3-4-6-16(14)9-15)24-18(26)11-27-20-17-10-23-25(2)19(17)21-12-22-20/h7-10,12-13H,3-6,11H2,1-2H3,(H,24,26). The molecule has 0 fully saturated rings. The lowest BCUT2D eigenvalue weighted by Crippen LogP contribution is -2.28. The van der Waals surface area contributed by atoms with E-state index in [9.17, 15) is 4.79 Å². The minimum Gasteiger partial charge on any atom is -0.349 e. The van der Waals surface area contributed by atoms with Crippen molar-refractivity contribution in [2.75, 3.05) is 5.75 Å². The van der Waals surface area contributed by atoms with E-state index in [1.54, 1.807) is 10.9 Å². The van der Waals surface area contributed by atoms with E-state index < -0.39 is 0 Å². The zero-order valence-electron chi connectivity index (χ0n) is 15.6. The van der Waals surface area contributed by atoms with E-state index in [0.717, 1.165) is 22.5 Å². The number of rotatable bonds is 5. The number of benzene rings is 1. The van der Waals surface area contributed by atoms with Crippen molar-refractivity contribution in [2.45, 2.75) is 43.7 Å². The molecular formula is C20H23N5OS. The Morgan fingerprint density at radius 2 is 2.07 bits per heavy atom. The fourth-order valence-corrected chi connectivity index (χ4v) is 4.35. The van der Waals surface area contributed by atoms with Gasteiger partial charge >= 0.3 is 0 Å². The minimum atomic E-state index is -0.00543. The number of carbonyl (C=O) groups excluding carboxylic acids is 1. The van der Waals surface area contributed by atoms with Gasteiger partial charge in [0.2, 0.25) is 5.91 Å². The number of fused-ring (bicyclic) bond motifs is 2. The Morgan fingerprint density at radius 1 is 1.26 bits per heavy atom. The van der Waals surface area contributed by atoms with Gasteiger partial charge in [-0.2, -0.15) is 5.10 Å². The molecule has 1 amide bonds. The van der Waals surface area contributed by atoms with Gasteiger partial charge in [-0.1, -0.05) is 30.0 Å². The number of carbonyl (C=O) groups is 1. The van der Waals surface area contributed by atoms with Crippen LogP contribution in [0.3, 0.4) is 0 Å². The highest BCUT2D eigenvalue weighted by atomic mass is 32.2. The number of hydrogen-bond acceptors (Lipinski definition) is 5. The van der Waals surface area contributed by atoms with Crippen LogP contribution < -0.4 is 5.32 Å².